The molecule has 1 aliphatic heterocycles. The van der Waals surface area contributed by atoms with Crippen LogP contribution in [0.2, 0.25) is 0 Å². The van der Waals surface area contributed by atoms with E-state index in [9.17, 15) is 4.79 Å². The smallest absolute Gasteiger partial charge is 0.168 e. The van der Waals surface area contributed by atoms with Crippen molar-refractivity contribution in [3.8, 4) is 0 Å². The highest BCUT2D eigenvalue weighted by Crippen LogP contribution is 2.57. The van der Waals surface area contributed by atoms with Crippen molar-refractivity contribution in [2.75, 3.05) is 13.2 Å². The summed E-state index contributed by atoms with van der Waals surface area (Å²) in [6, 6.07) is 0. The standard InChI is InChI=1S/C19H28O3/c1-5-7-13-15-9-19(21-11-18(3,4)12-22-19)10-16(15)14(8-6-2)17(13)20/h5-6,13-16H,1-2,7-12H2,3-4H3/t13-,14+,15-,16+. The van der Waals surface area contributed by atoms with E-state index in [4.69, 9.17) is 9.47 Å². The third-order valence-corrected chi connectivity index (χ3v) is 5.70. The maximum Gasteiger partial charge on any atom is 0.168 e. The summed E-state index contributed by atoms with van der Waals surface area (Å²) >= 11 is 0. The zero-order valence-corrected chi connectivity index (χ0v) is 13.8. The first-order valence-corrected chi connectivity index (χ1v) is 8.45. The van der Waals surface area contributed by atoms with Gasteiger partial charge in [-0.1, -0.05) is 26.0 Å². The molecule has 0 aromatic carbocycles. The fraction of sp³-hybridized carbons (Fsp3) is 0.737. The zero-order chi connectivity index (χ0) is 16.0. The second kappa shape index (κ2) is 5.61. The number of Topliss-reactive ketones (excluding diaryl/α,β-unsaturated/α-hetero) is 1. The van der Waals surface area contributed by atoms with Crippen molar-refractivity contribution in [2.24, 2.45) is 29.1 Å². The summed E-state index contributed by atoms with van der Waals surface area (Å²) in [6.45, 7) is 13.5. The van der Waals surface area contributed by atoms with Gasteiger partial charge in [0.05, 0.1) is 13.2 Å². The Labute approximate surface area is 133 Å². The Morgan fingerprint density at radius 1 is 1.05 bits per heavy atom. The number of hydrogen-bond donors (Lipinski definition) is 0. The van der Waals surface area contributed by atoms with Crippen molar-refractivity contribution < 1.29 is 14.3 Å². The van der Waals surface area contributed by atoms with Gasteiger partial charge < -0.3 is 9.47 Å². The third kappa shape index (κ3) is 2.59. The van der Waals surface area contributed by atoms with Crippen LogP contribution in [0, 0.1) is 29.1 Å². The predicted octanol–water partition coefficient (Wildman–Crippen LogP) is 3.75. The van der Waals surface area contributed by atoms with Gasteiger partial charge >= 0.3 is 0 Å². The van der Waals surface area contributed by atoms with Gasteiger partial charge in [0.25, 0.3) is 0 Å². The molecular weight excluding hydrogens is 276 g/mol. The highest BCUT2D eigenvalue weighted by atomic mass is 16.7. The molecule has 3 rings (SSSR count). The van der Waals surface area contributed by atoms with E-state index in [0.29, 0.717) is 17.6 Å². The molecule has 1 heterocycles. The molecule has 0 unspecified atom stereocenters. The minimum absolute atomic E-state index is 0.0831. The number of carbonyl (C=O) groups excluding carboxylic acids is 1. The molecule has 1 saturated heterocycles. The van der Waals surface area contributed by atoms with Crippen LogP contribution in [-0.2, 0) is 14.3 Å². The van der Waals surface area contributed by atoms with E-state index in [2.05, 4.69) is 27.0 Å². The Hall–Kier alpha value is -0.930. The van der Waals surface area contributed by atoms with Crippen molar-refractivity contribution in [2.45, 2.75) is 45.3 Å². The second-order valence-electron chi connectivity index (χ2n) is 8.05. The monoisotopic (exact) mass is 304 g/mol. The molecule has 122 valence electrons. The topological polar surface area (TPSA) is 35.5 Å². The maximum absolute atomic E-state index is 12.7. The van der Waals surface area contributed by atoms with Gasteiger partial charge in [-0.15, -0.1) is 13.2 Å². The quantitative estimate of drug-likeness (QED) is 0.742. The predicted molar refractivity (Wildman–Crippen MR) is 86.2 cm³/mol. The molecule has 3 aliphatic rings. The molecule has 2 aliphatic carbocycles. The first kappa shape index (κ1) is 15.9. The van der Waals surface area contributed by atoms with Crippen molar-refractivity contribution >= 4 is 5.78 Å². The molecule has 1 spiro atoms. The number of carbonyl (C=O) groups is 1. The highest BCUT2D eigenvalue weighted by molar-refractivity contribution is 5.87. The van der Waals surface area contributed by atoms with Gasteiger partial charge in [0.15, 0.2) is 5.79 Å². The molecule has 22 heavy (non-hydrogen) atoms. The number of ether oxygens (including phenoxy) is 2. The van der Waals surface area contributed by atoms with Crippen molar-refractivity contribution in [3.63, 3.8) is 0 Å². The SMILES string of the molecule is C=CC[C@@H]1C(=O)[C@H](CC=C)[C@H]2CC3(C[C@H]21)OCC(C)(C)CO3. The van der Waals surface area contributed by atoms with Crippen LogP contribution in [0.5, 0.6) is 0 Å². The van der Waals surface area contributed by atoms with Crippen molar-refractivity contribution in [1.82, 2.24) is 0 Å². The van der Waals surface area contributed by atoms with E-state index < -0.39 is 5.79 Å². The van der Waals surface area contributed by atoms with Crippen LogP contribution < -0.4 is 0 Å². The lowest BCUT2D eigenvalue weighted by Gasteiger charge is -2.42. The Kier molecular flexibility index (Phi) is 4.07. The average molecular weight is 304 g/mol. The fourth-order valence-corrected chi connectivity index (χ4v) is 4.60. The summed E-state index contributed by atoms with van der Waals surface area (Å²) in [5.41, 5.74) is 0.0831. The average Bonchev–Trinajstić information content (AvgIpc) is 2.94. The molecule has 3 heteroatoms. The molecule has 4 atom stereocenters. The maximum atomic E-state index is 12.7. The largest absolute Gasteiger partial charge is 0.349 e. The van der Waals surface area contributed by atoms with Crippen LogP contribution in [0.1, 0.15) is 39.5 Å². The van der Waals surface area contributed by atoms with Crippen LogP contribution in [-0.4, -0.2) is 24.8 Å². The van der Waals surface area contributed by atoms with Gasteiger partial charge in [0.2, 0.25) is 0 Å². The van der Waals surface area contributed by atoms with E-state index in [1.807, 2.05) is 12.2 Å². The lowest BCUT2D eigenvalue weighted by Crippen LogP contribution is -2.46. The summed E-state index contributed by atoms with van der Waals surface area (Å²) < 4.78 is 12.4. The minimum Gasteiger partial charge on any atom is -0.349 e. The Bertz CT molecular complexity index is 439. The summed E-state index contributed by atoms with van der Waals surface area (Å²) in [7, 11) is 0. The van der Waals surface area contributed by atoms with Gasteiger partial charge in [0, 0.05) is 30.1 Å². The van der Waals surface area contributed by atoms with E-state index in [0.717, 1.165) is 38.9 Å². The number of hydrogen-bond acceptors (Lipinski definition) is 3. The van der Waals surface area contributed by atoms with Gasteiger partial charge in [0.1, 0.15) is 5.78 Å². The number of ketones is 1. The third-order valence-electron chi connectivity index (χ3n) is 5.70. The fourth-order valence-electron chi connectivity index (χ4n) is 4.60. The Balaban J connectivity index is 1.79. The van der Waals surface area contributed by atoms with Crippen molar-refractivity contribution in [1.29, 1.82) is 0 Å². The van der Waals surface area contributed by atoms with Gasteiger partial charge in [-0.3, -0.25) is 4.79 Å². The van der Waals surface area contributed by atoms with E-state index >= 15 is 0 Å². The molecule has 0 aromatic rings. The number of allylic oxidation sites excluding steroid dienone is 2. The summed E-state index contributed by atoms with van der Waals surface area (Å²) in [6.07, 6.45) is 7.01. The normalized spacial score (nSPS) is 38.9. The molecule has 0 bridgehead atoms. The molecule has 0 amide bonds. The first-order valence-electron chi connectivity index (χ1n) is 8.45. The lowest BCUT2D eigenvalue weighted by molar-refractivity contribution is -0.298. The summed E-state index contributed by atoms with van der Waals surface area (Å²) in [4.78, 5) is 12.7. The zero-order valence-electron chi connectivity index (χ0n) is 13.8. The molecule has 0 aromatic heterocycles. The van der Waals surface area contributed by atoms with Crippen LogP contribution in [0.25, 0.3) is 0 Å². The van der Waals surface area contributed by atoms with Crippen LogP contribution in [0.3, 0.4) is 0 Å². The van der Waals surface area contributed by atoms with Crippen molar-refractivity contribution in [3.05, 3.63) is 25.3 Å². The van der Waals surface area contributed by atoms with E-state index in [1.54, 1.807) is 0 Å². The minimum atomic E-state index is -0.454. The van der Waals surface area contributed by atoms with Gasteiger partial charge in [-0.25, -0.2) is 0 Å². The Morgan fingerprint density at radius 3 is 1.91 bits per heavy atom. The van der Waals surface area contributed by atoms with E-state index in [1.165, 1.54) is 0 Å². The van der Waals surface area contributed by atoms with Gasteiger partial charge in [-0.05, 0) is 24.7 Å². The molecule has 3 fully saturated rings. The van der Waals surface area contributed by atoms with Gasteiger partial charge in [-0.2, -0.15) is 0 Å². The van der Waals surface area contributed by atoms with E-state index in [-0.39, 0.29) is 17.3 Å². The molecule has 2 saturated carbocycles. The Morgan fingerprint density at radius 2 is 1.50 bits per heavy atom. The first-order chi connectivity index (χ1) is 10.4. The van der Waals surface area contributed by atoms with Crippen LogP contribution in [0.15, 0.2) is 25.3 Å². The number of fused-ring (bicyclic) bond motifs is 1. The second-order valence-corrected chi connectivity index (χ2v) is 8.05. The summed E-state index contributed by atoms with van der Waals surface area (Å²) in [5, 5.41) is 0. The molecule has 0 radical (unpaired) electrons. The number of rotatable bonds is 4. The molecular formula is C19H28O3. The lowest BCUT2D eigenvalue weighted by atomic mass is 9.88. The molecule has 3 nitrogen and oxygen atoms in total. The highest BCUT2D eigenvalue weighted by Gasteiger charge is 2.60. The molecule has 0 N–H and O–H groups in total. The van der Waals surface area contributed by atoms with Crippen LogP contribution >= 0.6 is 0 Å². The van der Waals surface area contributed by atoms with Crippen LogP contribution in [0.4, 0.5) is 0 Å². The summed E-state index contributed by atoms with van der Waals surface area (Å²) in [5.74, 6) is 0.877.